The number of para-hydroxylation sites is 1. The minimum Gasteiger partial charge on any atom is -0.375 e. The SMILES string of the molecule is Cc1ccc(NCC(=O)Nc2ccccc2-c2ccccc2)c(S(=O)(=O)c2ccccc2)c1. The van der Waals surface area contributed by atoms with E-state index in [2.05, 4.69) is 10.6 Å². The zero-order valence-electron chi connectivity index (χ0n) is 18.2. The van der Waals surface area contributed by atoms with Gasteiger partial charge in [-0.25, -0.2) is 8.42 Å². The molecule has 166 valence electrons. The molecule has 1 amide bonds. The van der Waals surface area contributed by atoms with Gasteiger partial charge in [0.2, 0.25) is 15.7 Å². The Morgan fingerprint density at radius 3 is 2.12 bits per heavy atom. The number of anilines is 2. The number of hydrogen-bond acceptors (Lipinski definition) is 4. The lowest BCUT2D eigenvalue weighted by Crippen LogP contribution is -2.23. The van der Waals surface area contributed by atoms with Gasteiger partial charge in [-0.1, -0.05) is 72.8 Å². The molecule has 0 aliphatic heterocycles. The van der Waals surface area contributed by atoms with Gasteiger partial charge in [-0.15, -0.1) is 0 Å². The minimum atomic E-state index is -3.74. The molecule has 0 bridgehead atoms. The van der Waals surface area contributed by atoms with Crippen molar-refractivity contribution in [2.45, 2.75) is 16.7 Å². The van der Waals surface area contributed by atoms with Crippen molar-refractivity contribution >= 4 is 27.1 Å². The van der Waals surface area contributed by atoms with Gasteiger partial charge >= 0.3 is 0 Å². The molecule has 0 saturated carbocycles. The van der Waals surface area contributed by atoms with Gasteiger partial charge in [0.15, 0.2) is 0 Å². The molecule has 0 unspecified atom stereocenters. The first kappa shape index (κ1) is 22.3. The maximum atomic E-state index is 13.2. The smallest absolute Gasteiger partial charge is 0.243 e. The molecule has 0 atom stereocenters. The molecule has 0 aliphatic carbocycles. The summed E-state index contributed by atoms with van der Waals surface area (Å²) in [6.07, 6.45) is 0. The fourth-order valence-corrected chi connectivity index (χ4v) is 5.10. The average Bonchev–Trinajstić information content (AvgIpc) is 2.84. The van der Waals surface area contributed by atoms with Gasteiger partial charge in [0.1, 0.15) is 0 Å². The van der Waals surface area contributed by atoms with Crippen LogP contribution < -0.4 is 10.6 Å². The summed E-state index contributed by atoms with van der Waals surface area (Å²) < 4.78 is 26.4. The Morgan fingerprint density at radius 2 is 1.39 bits per heavy atom. The van der Waals surface area contributed by atoms with E-state index in [1.165, 1.54) is 0 Å². The van der Waals surface area contributed by atoms with Gasteiger partial charge in [-0.2, -0.15) is 0 Å². The maximum Gasteiger partial charge on any atom is 0.243 e. The van der Waals surface area contributed by atoms with Gasteiger partial charge < -0.3 is 10.6 Å². The van der Waals surface area contributed by atoms with Crippen LogP contribution in [0.3, 0.4) is 0 Å². The van der Waals surface area contributed by atoms with Crippen molar-refractivity contribution in [3.8, 4) is 11.1 Å². The van der Waals surface area contributed by atoms with Gasteiger partial charge in [-0.05, 0) is 48.4 Å². The van der Waals surface area contributed by atoms with Crippen LogP contribution in [0.4, 0.5) is 11.4 Å². The highest BCUT2D eigenvalue weighted by molar-refractivity contribution is 7.91. The summed E-state index contributed by atoms with van der Waals surface area (Å²) in [7, 11) is -3.74. The summed E-state index contributed by atoms with van der Waals surface area (Å²) in [5.41, 5.74) is 3.80. The molecule has 33 heavy (non-hydrogen) atoms. The number of rotatable bonds is 7. The quantitative estimate of drug-likeness (QED) is 0.383. The van der Waals surface area contributed by atoms with E-state index in [0.29, 0.717) is 11.4 Å². The summed E-state index contributed by atoms with van der Waals surface area (Å²) in [5, 5.41) is 5.93. The first-order valence-electron chi connectivity index (χ1n) is 10.5. The van der Waals surface area contributed by atoms with Crippen LogP contribution in [0.25, 0.3) is 11.1 Å². The van der Waals surface area contributed by atoms with Crippen LogP contribution in [0.15, 0.2) is 113 Å². The van der Waals surface area contributed by atoms with Gasteiger partial charge in [0.25, 0.3) is 0 Å². The average molecular weight is 457 g/mol. The fraction of sp³-hybridized carbons (Fsp3) is 0.0741. The first-order valence-corrected chi connectivity index (χ1v) is 12.0. The van der Waals surface area contributed by atoms with Crippen molar-refractivity contribution < 1.29 is 13.2 Å². The van der Waals surface area contributed by atoms with Crippen LogP contribution in [0.5, 0.6) is 0 Å². The van der Waals surface area contributed by atoms with Crippen molar-refractivity contribution in [1.29, 1.82) is 0 Å². The zero-order chi connectivity index (χ0) is 23.3. The molecule has 4 aromatic carbocycles. The standard InChI is InChI=1S/C27H24N2O3S/c1-20-16-17-25(26(18-20)33(31,32)22-12-6-3-7-13-22)28-19-27(30)29-24-15-9-8-14-23(24)21-10-4-2-5-11-21/h2-18,28H,19H2,1H3,(H,29,30). The van der Waals surface area contributed by atoms with Crippen molar-refractivity contribution in [1.82, 2.24) is 0 Å². The molecule has 4 rings (SSSR count). The highest BCUT2D eigenvalue weighted by Gasteiger charge is 2.22. The number of benzene rings is 4. The number of nitrogens with one attached hydrogen (secondary N) is 2. The summed E-state index contributed by atoms with van der Waals surface area (Å²) in [6.45, 7) is 1.75. The van der Waals surface area contributed by atoms with E-state index in [4.69, 9.17) is 0 Å². The number of carbonyl (C=O) groups excluding carboxylic acids is 1. The lowest BCUT2D eigenvalue weighted by Gasteiger charge is -2.15. The summed E-state index contributed by atoms with van der Waals surface area (Å²) in [4.78, 5) is 13.1. The molecule has 0 aromatic heterocycles. The second kappa shape index (κ2) is 9.71. The van der Waals surface area contributed by atoms with E-state index in [1.807, 2.05) is 67.6 Å². The molecule has 0 aliphatic rings. The Bertz CT molecular complexity index is 1370. The third-order valence-corrected chi connectivity index (χ3v) is 7.02. The number of sulfone groups is 1. The molecule has 6 heteroatoms. The normalized spacial score (nSPS) is 11.1. The number of aryl methyl sites for hydroxylation is 1. The predicted molar refractivity (Wildman–Crippen MR) is 132 cm³/mol. The van der Waals surface area contributed by atoms with Crippen molar-refractivity contribution in [2.75, 3.05) is 17.2 Å². The van der Waals surface area contributed by atoms with Crippen LogP contribution in [0.1, 0.15) is 5.56 Å². The van der Waals surface area contributed by atoms with Crippen LogP contribution >= 0.6 is 0 Å². The molecule has 4 aromatic rings. The van der Waals surface area contributed by atoms with Crippen LogP contribution in [0.2, 0.25) is 0 Å². The second-order valence-corrected chi connectivity index (χ2v) is 9.55. The van der Waals surface area contributed by atoms with Crippen molar-refractivity contribution in [2.24, 2.45) is 0 Å². The van der Waals surface area contributed by atoms with Crippen LogP contribution in [-0.2, 0) is 14.6 Å². The number of amides is 1. The maximum absolute atomic E-state index is 13.2. The Labute approximate surface area is 194 Å². The highest BCUT2D eigenvalue weighted by Crippen LogP contribution is 2.29. The Hall–Kier alpha value is -3.90. The molecule has 0 heterocycles. The van der Waals surface area contributed by atoms with E-state index in [9.17, 15) is 13.2 Å². The minimum absolute atomic E-state index is 0.0799. The Kier molecular flexibility index (Phi) is 6.56. The molecule has 0 radical (unpaired) electrons. The summed E-state index contributed by atoms with van der Waals surface area (Å²) >= 11 is 0. The van der Waals surface area contributed by atoms with Gasteiger partial charge in [0, 0.05) is 11.3 Å². The Morgan fingerprint density at radius 1 is 0.758 bits per heavy atom. The molecular formula is C27H24N2O3S. The van der Waals surface area contributed by atoms with E-state index in [1.54, 1.807) is 42.5 Å². The van der Waals surface area contributed by atoms with Gasteiger partial charge in [0.05, 0.1) is 22.0 Å². The van der Waals surface area contributed by atoms with Crippen molar-refractivity contribution in [3.63, 3.8) is 0 Å². The molecular weight excluding hydrogens is 432 g/mol. The largest absolute Gasteiger partial charge is 0.375 e. The van der Waals surface area contributed by atoms with Crippen molar-refractivity contribution in [3.05, 3.63) is 109 Å². The second-order valence-electron chi connectivity index (χ2n) is 7.63. The highest BCUT2D eigenvalue weighted by atomic mass is 32.2. The van der Waals surface area contributed by atoms with Crippen LogP contribution in [-0.4, -0.2) is 20.9 Å². The summed E-state index contributed by atoms with van der Waals surface area (Å²) in [5.74, 6) is -0.276. The van der Waals surface area contributed by atoms with E-state index < -0.39 is 9.84 Å². The summed E-state index contributed by atoms with van der Waals surface area (Å²) in [6, 6.07) is 30.8. The first-order chi connectivity index (χ1) is 15.9. The van der Waals surface area contributed by atoms with E-state index >= 15 is 0 Å². The third kappa shape index (κ3) is 5.13. The van der Waals surface area contributed by atoms with Crippen LogP contribution in [0, 0.1) is 6.92 Å². The lowest BCUT2D eigenvalue weighted by molar-refractivity contribution is -0.114. The third-order valence-electron chi connectivity index (χ3n) is 5.21. The monoisotopic (exact) mass is 456 g/mol. The molecule has 0 fully saturated rings. The zero-order valence-corrected chi connectivity index (χ0v) is 19.0. The Balaban J connectivity index is 1.54. The number of hydrogen-bond donors (Lipinski definition) is 2. The van der Waals surface area contributed by atoms with E-state index in [0.717, 1.165) is 16.7 Å². The lowest BCUT2D eigenvalue weighted by atomic mass is 10.0. The molecule has 0 spiro atoms. The molecule has 2 N–H and O–H groups in total. The molecule has 0 saturated heterocycles. The topological polar surface area (TPSA) is 75.3 Å². The number of carbonyl (C=O) groups is 1. The predicted octanol–water partition coefficient (Wildman–Crippen LogP) is 5.55. The van der Waals surface area contributed by atoms with E-state index in [-0.39, 0.29) is 22.2 Å². The van der Waals surface area contributed by atoms with Gasteiger partial charge in [-0.3, -0.25) is 4.79 Å². The fourth-order valence-electron chi connectivity index (χ4n) is 3.56. The molecule has 5 nitrogen and oxygen atoms in total.